The Bertz CT molecular complexity index is 1030. The van der Waals surface area contributed by atoms with Crippen molar-refractivity contribution in [3.8, 4) is 10.9 Å². The Morgan fingerprint density at radius 2 is 1.83 bits per heavy atom. The van der Waals surface area contributed by atoms with E-state index in [-0.39, 0.29) is 5.56 Å². The molecule has 2 aromatic carbocycles. The summed E-state index contributed by atoms with van der Waals surface area (Å²) in [7, 11) is 1.90. The van der Waals surface area contributed by atoms with Crippen molar-refractivity contribution in [2.75, 3.05) is 33.2 Å². The fourth-order valence-corrected chi connectivity index (χ4v) is 4.20. The molecule has 152 valence electrons. The number of carbonyl (C=O) groups excluding carboxylic acids is 1. The molecule has 0 aliphatic carbocycles. The highest BCUT2D eigenvalue weighted by molar-refractivity contribution is 7.20. The zero-order valence-electron chi connectivity index (χ0n) is 15.6. The molecule has 0 radical (unpaired) electrons. The Kier molecular flexibility index (Phi) is 5.42. The molecule has 3 aromatic rings. The first-order chi connectivity index (χ1) is 13.8. The van der Waals surface area contributed by atoms with Gasteiger partial charge in [-0.05, 0) is 49.5 Å². The molecule has 1 amide bonds. The van der Waals surface area contributed by atoms with Crippen molar-refractivity contribution >= 4 is 39.1 Å². The summed E-state index contributed by atoms with van der Waals surface area (Å²) in [4.78, 5) is 19.9. The summed E-state index contributed by atoms with van der Waals surface area (Å²) in [5, 5.41) is 0.986. The standard InChI is InChI=1S/C20H18ClF2N3O2S/c1-25-8-10-26(11-9-25)18(27)20(22,23)13-2-5-15(6-3-13)28-19-24-16-7-4-14(21)12-17(16)29-19/h2-7,12H,8-11H2,1H3. The third-order valence-electron chi connectivity index (χ3n) is 4.81. The number of carbonyl (C=O) groups is 1. The SMILES string of the molecule is CN1CCN(C(=O)C(F)(F)c2ccc(Oc3nc4ccc(Cl)cc4s3)cc2)CC1. The molecule has 5 nitrogen and oxygen atoms in total. The highest BCUT2D eigenvalue weighted by atomic mass is 35.5. The maximum absolute atomic E-state index is 14.7. The van der Waals surface area contributed by atoms with Gasteiger partial charge in [0.1, 0.15) is 5.75 Å². The number of aromatic nitrogens is 1. The number of fused-ring (bicyclic) bond motifs is 1. The monoisotopic (exact) mass is 437 g/mol. The van der Waals surface area contributed by atoms with Gasteiger partial charge in [-0.3, -0.25) is 4.79 Å². The summed E-state index contributed by atoms with van der Waals surface area (Å²) in [6.07, 6.45) is 0. The second-order valence-corrected chi connectivity index (χ2v) is 8.32. The van der Waals surface area contributed by atoms with E-state index in [0.717, 1.165) is 10.2 Å². The van der Waals surface area contributed by atoms with Crippen molar-refractivity contribution in [3.63, 3.8) is 0 Å². The van der Waals surface area contributed by atoms with Crippen molar-refractivity contribution in [1.29, 1.82) is 0 Å². The van der Waals surface area contributed by atoms with Gasteiger partial charge in [0, 0.05) is 36.8 Å². The fourth-order valence-electron chi connectivity index (χ4n) is 3.09. The normalized spacial score (nSPS) is 15.7. The smallest absolute Gasteiger partial charge is 0.349 e. The maximum Gasteiger partial charge on any atom is 0.349 e. The van der Waals surface area contributed by atoms with Crippen molar-refractivity contribution < 1.29 is 18.3 Å². The van der Waals surface area contributed by atoms with Crippen LogP contribution in [-0.4, -0.2) is 53.9 Å². The molecule has 1 aromatic heterocycles. The van der Waals surface area contributed by atoms with E-state index in [1.54, 1.807) is 18.2 Å². The topological polar surface area (TPSA) is 45.7 Å². The Labute approximate surface area is 175 Å². The van der Waals surface area contributed by atoms with Gasteiger partial charge in [-0.1, -0.05) is 22.9 Å². The minimum Gasteiger partial charge on any atom is -0.431 e. The number of rotatable bonds is 4. The van der Waals surface area contributed by atoms with E-state index in [1.807, 2.05) is 11.9 Å². The summed E-state index contributed by atoms with van der Waals surface area (Å²) in [5.41, 5.74) is 0.389. The highest BCUT2D eigenvalue weighted by Gasteiger charge is 2.44. The lowest BCUT2D eigenvalue weighted by molar-refractivity contribution is -0.160. The van der Waals surface area contributed by atoms with Gasteiger partial charge in [0.2, 0.25) is 0 Å². The molecular weight excluding hydrogens is 420 g/mol. The Balaban J connectivity index is 1.48. The van der Waals surface area contributed by atoms with E-state index in [2.05, 4.69) is 4.98 Å². The minimum absolute atomic E-state index is 0.299. The molecule has 4 rings (SSSR count). The molecular formula is C20H18ClF2N3O2S. The van der Waals surface area contributed by atoms with Crippen molar-refractivity contribution in [2.24, 2.45) is 0 Å². The summed E-state index contributed by atoms with van der Waals surface area (Å²) in [6, 6.07) is 10.6. The van der Waals surface area contributed by atoms with Gasteiger partial charge >= 0.3 is 5.92 Å². The number of likely N-dealkylation sites (N-methyl/N-ethyl adjacent to an activating group) is 1. The lowest BCUT2D eigenvalue weighted by Gasteiger charge is -2.34. The van der Waals surface area contributed by atoms with Gasteiger partial charge in [-0.2, -0.15) is 8.78 Å². The van der Waals surface area contributed by atoms with Gasteiger partial charge in [-0.15, -0.1) is 0 Å². The van der Waals surface area contributed by atoms with E-state index < -0.39 is 11.8 Å². The fraction of sp³-hybridized carbons (Fsp3) is 0.300. The van der Waals surface area contributed by atoms with E-state index in [1.165, 1.54) is 40.5 Å². The first kappa shape index (κ1) is 20.0. The second-order valence-electron chi connectivity index (χ2n) is 6.89. The molecule has 0 unspecified atom stereocenters. The first-order valence-corrected chi connectivity index (χ1v) is 10.2. The van der Waals surface area contributed by atoms with Crippen LogP contribution in [0, 0.1) is 0 Å². The predicted octanol–water partition coefficient (Wildman–Crippen LogP) is 4.61. The van der Waals surface area contributed by atoms with E-state index in [0.29, 0.717) is 42.1 Å². The number of alkyl halides is 2. The molecule has 0 spiro atoms. The molecule has 29 heavy (non-hydrogen) atoms. The van der Waals surface area contributed by atoms with Crippen LogP contribution in [0.5, 0.6) is 10.9 Å². The van der Waals surface area contributed by atoms with Crippen LogP contribution in [0.15, 0.2) is 42.5 Å². The number of thiazole rings is 1. The van der Waals surface area contributed by atoms with Crippen LogP contribution in [-0.2, 0) is 10.7 Å². The Hall–Kier alpha value is -2.29. The van der Waals surface area contributed by atoms with Gasteiger partial charge in [0.05, 0.1) is 10.2 Å². The zero-order chi connectivity index (χ0) is 20.6. The molecule has 9 heteroatoms. The quantitative estimate of drug-likeness (QED) is 0.598. The molecule has 0 N–H and O–H groups in total. The van der Waals surface area contributed by atoms with Crippen LogP contribution in [0.2, 0.25) is 5.02 Å². The highest BCUT2D eigenvalue weighted by Crippen LogP contribution is 2.35. The zero-order valence-corrected chi connectivity index (χ0v) is 17.1. The van der Waals surface area contributed by atoms with Gasteiger partial charge in [0.15, 0.2) is 0 Å². The largest absolute Gasteiger partial charge is 0.431 e. The van der Waals surface area contributed by atoms with Gasteiger partial charge < -0.3 is 14.5 Å². The lowest BCUT2D eigenvalue weighted by Crippen LogP contribution is -2.51. The first-order valence-electron chi connectivity index (χ1n) is 9.03. The number of benzene rings is 2. The number of amides is 1. The number of ether oxygens (including phenoxy) is 1. The van der Waals surface area contributed by atoms with Crippen LogP contribution in [0.3, 0.4) is 0 Å². The molecule has 2 heterocycles. The second kappa shape index (κ2) is 7.85. The van der Waals surface area contributed by atoms with Crippen LogP contribution in [0.4, 0.5) is 8.78 Å². The number of hydrogen-bond donors (Lipinski definition) is 0. The van der Waals surface area contributed by atoms with Gasteiger partial charge in [0.25, 0.3) is 11.1 Å². The lowest BCUT2D eigenvalue weighted by atomic mass is 10.1. The number of piperazine rings is 1. The van der Waals surface area contributed by atoms with Crippen LogP contribution in [0.1, 0.15) is 5.56 Å². The Morgan fingerprint density at radius 1 is 1.14 bits per heavy atom. The van der Waals surface area contributed by atoms with E-state index >= 15 is 0 Å². The maximum atomic E-state index is 14.7. The number of nitrogens with zero attached hydrogens (tertiary/aromatic N) is 3. The molecule has 0 saturated carbocycles. The molecule has 0 bridgehead atoms. The third-order valence-corrected chi connectivity index (χ3v) is 5.94. The number of hydrogen-bond acceptors (Lipinski definition) is 5. The van der Waals surface area contributed by atoms with E-state index in [4.69, 9.17) is 16.3 Å². The summed E-state index contributed by atoms with van der Waals surface area (Å²) in [5.74, 6) is -4.38. The predicted molar refractivity (Wildman–Crippen MR) is 109 cm³/mol. The van der Waals surface area contributed by atoms with Crippen LogP contribution in [0.25, 0.3) is 10.2 Å². The van der Waals surface area contributed by atoms with Crippen LogP contribution < -0.4 is 4.74 Å². The molecule has 0 atom stereocenters. The van der Waals surface area contributed by atoms with Crippen molar-refractivity contribution in [2.45, 2.75) is 5.92 Å². The minimum atomic E-state index is -3.58. The van der Waals surface area contributed by atoms with Gasteiger partial charge in [-0.25, -0.2) is 4.98 Å². The van der Waals surface area contributed by atoms with Crippen molar-refractivity contribution in [1.82, 2.24) is 14.8 Å². The number of halogens is 3. The average Bonchev–Trinajstić information content (AvgIpc) is 3.09. The van der Waals surface area contributed by atoms with Crippen LogP contribution >= 0.6 is 22.9 Å². The van der Waals surface area contributed by atoms with E-state index in [9.17, 15) is 13.6 Å². The molecule has 1 fully saturated rings. The summed E-state index contributed by atoms with van der Waals surface area (Å²) < 4.78 is 35.9. The third kappa shape index (κ3) is 4.19. The summed E-state index contributed by atoms with van der Waals surface area (Å²) in [6.45, 7) is 1.77. The Morgan fingerprint density at radius 3 is 2.52 bits per heavy atom. The summed E-state index contributed by atoms with van der Waals surface area (Å²) >= 11 is 7.28. The molecule has 1 aliphatic rings. The molecule has 1 aliphatic heterocycles. The average molecular weight is 438 g/mol. The van der Waals surface area contributed by atoms with Crippen molar-refractivity contribution in [3.05, 3.63) is 53.1 Å². The molecule has 1 saturated heterocycles.